The Hall–Kier alpha value is -2.25. The molecule has 5 nitrogen and oxygen atoms in total. The number of aryl methyl sites for hydroxylation is 1. The number of halogens is 1. The van der Waals surface area contributed by atoms with Crippen molar-refractivity contribution in [1.29, 1.82) is 0 Å². The topological polar surface area (TPSA) is 75.3 Å². The minimum Gasteiger partial charge on any atom is -0.349 e. The van der Waals surface area contributed by atoms with E-state index in [2.05, 4.69) is 17.0 Å². The number of amides is 1. The van der Waals surface area contributed by atoms with Crippen LogP contribution in [0.1, 0.15) is 44.4 Å². The molecular formula is C21H27FN2O3S. The number of carbonyl (C=O) groups is 1. The predicted molar refractivity (Wildman–Crippen MR) is 108 cm³/mol. The molecule has 0 bridgehead atoms. The fraction of sp³-hybridized carbons (Fsp3) is 0.381. The summed E-state index contributed by atoms with van der Waals surface area (Å²) in [5.41, 5.74) is 2.25. The molecule has 0 saturated heterocycles. The number of rotatable bonds is 9. The van der Waals surface area contributed by atoms with Crippen molar-refractivity contribution in [2.45, 2.75) is 44.6 Å². The second-order valence-electron chi connectivity index (χ2n) is 6.99. The highest BCUT2D eigenvalue weighted by Crippen LogP contribution is 2.22. The van der Waals surface area contributed by atoms with Crippen molar-refractivity contribution in [3.8, 4) is 0 Å². The molecular weight excluding hydrogens is 379 g/mol. The molecule has 1 amide bonds. The second-order valence-corrected chi connectivity index (χ2v) is 8.75. The average Bonchev–Trinajstić information content (AvgIpc) is 2.66. The maximum atomic E-state index is 12.9. The third-order valence-corrected chi connectivity index (χ3v) is 5.98. The van der Waals surface area contributed by atoms with Crippen LogP contribution in [0.15, 0.2) is 53.4 Å². The van der Waals surface area contributed by atoms with E-state index in [1.807, 2.05) is 38.1 Å². The summed E-state index contributed by atoms with van der Waals surface area (Å²) in [6.45, 7) is 6.10. The molecule has 0 aliphatic rings. The molecule has 0 spiro atoms. The van der Waals surface area contributed by atoms with E-state index in [0.717, 1.165) is 24.1 Å². The molecule has 0 aliphatic heterocycles. The molecule has 1 unspecified atom stereocenters. The van der Waals surface area contributed by atoms with Gasteiger partial charge in [0.15, 0.2) is 0 Å². The highest BCUT2D eigenvalue weighted by atomic mass is 32.2. The van der Waals surface area contributed by atoms with Crippen LogP contribution in [0, 0.1) is 11.7 Å². The first-order valence-corrected chi connectivity index (χ1v) is 10.8. The van der Waals surface area contributed by atoms with E-state index in [1.165, 1.54) is 17.7 Å². The third kappa shape index (κ3) is 6.14. The number of nitrogens with one attached hydrogen (secondary N) is 2. The molecule has 2 aromatic rings. The molecule has 0 heterocycles. The summed E-state index contributed by atoms with van der Waals surface area (Å²) in [5, 5.41) is 2.98. The summed E-state index contributed by atoms with van der Waals surface area (Å²) >= 11 is 0. The van der Waals surface area contributed by atoms with E-state index < -0.39 is 15.8 Å². The van der Waals surface area contributed by atoms with Gasteiger partial charge in [0.05, 0.1) is 10.9 Å². The van der Waals surface area contributed by atoms with Crippen LogP contribution < -0.4 is 10.0 Å². The Labute approximate surface area is 166 Å². The first-order chi connectivity index (χ1) is 13.2. The summed E-state index contributed by atoms with van der Waals surface area (Å²) in [4.78, 5) is 12.3. The van der Waals surface area contributed by atoms with Gasteiger partial charge in [-0.15, -0.1) is 0 Å². The lowest BCUT2D eigenvalue weighted by atomic mass is 9.94. The largest absolute Gasteiger partial charge is 0.349 e. The first-order valence-electron chi connectivity index (χ1n) is 9.36. The molecule has 0 radical (unpaired) electrons. The van der Waals surface area contributed by atoms with E-state index in [-0.39, 0.29) is 35.7 Å². The lowest BCUT2D eigenvalue weighted by Gasteiger charge is -2.23. The van der Waals surface area contributed by atoms with Crippen LogP contribution in [0.4, 0.5) is 4.39 Å². The molecule has 28 heavy (non-hydrogen) atoms. The summed E-state index contributed by atoms with van der Waals surface area (Å²) in [6, 6.07) is 12.5. The Bertz CT molecular complexity index is 879. The number of benzene rings is 2. The lowest BCUT2D eigenvalue weighted by Crippen LogP contribution is -2.34. The Morgan fingerprint density at radius 2 is 1.64 bits per heavy atom. The van der Waals surface area contributed by atoms with Crippen molar-refractivity contribution in [3.05, 3.63) is 65.5 Å². The van der Waals surface area contributed by atoms with E-state index in [1.54, 1.807) is 0 Å². The van der Waals surface area contributed by atoms with Crippen molar-refractivity contribution in [3.63, 3.8) is 0 Å². The van der Waals surface area contributed by atoms with E-state index >= 15 is 0 Å². The van der Waals surface area contributed by atoms with Gasteiger partial charge in [0.25, 0.3) is 0 Å². The van der Waals surface area contributed by atoms with Crippen molar-refractivity contribution < 1.29 is 17.6 Å². The van der Waals surface area contributed by atoms with Crippen LogP contribution in [0.2, 0.25) is 0 Å². The van der Waals surface area contributed by atoms with Gasteiger partial charge < -0.3 is 5.32 Å². The van der Waals surface area contributed by atoms with Gasteiger partial charge in [-0.3, -0.25) is 4.79 Å². The Kier molecular flexibility index (Phi) is 7.71. The van der Waals surface area contributed by atoms with Gasteiger partial charge in [0, 0.05) is 13.0 Å². The van der Waals surface area contributed by atoms with Gasteiger partial charge in [-0.1, -0.05) is 45.0 Å². The highest BCUT2D eigenvalue weighted by Gasteiger charge is 2.19. The zero-order chi connectivity index (χ0) is 20.7. The number of hydrogen-bond donors (Lipinski definition) is 2. The molecule has 7 heteroatoms. The number of carbonyl (C=O) groups excluding carboxylic acids is 1. The SMILES string of the molecule is CCc1ccc(C(NC(=O)CCNS(=O)(=O)c2ccc(F)cc2)C(C)C)cc1. The Morgan fingerprint density at radius 3 is 2.18 bits per heavy atom. The fourth-order valence-electron chi connectivity index (χ4n) is 2.84. The van der Waals surface area contributed by atoms with E-state index in [4.69, 9.17) is 0 Å². The summed E-state index contributed by atoms with van der Waals surface area (Å²) in [5.74, 6) is -0.558. The maximum absolute atomic E-state index is 12.9. The van der Waals surface area contributed by atoms with Crippen molar-refractivity contribution >= 4 is 15.9 Å². The molecule has 1 atom stereocenters. The second kappa shape index (κ2) is 9.80. The van der Waals surface area contributed by atoms with Crippen LogP contribution in [-0.4, -0.2) is 20.9 Å². The molecule has 0 saturated carbocycles. The molecule has 0 aliphatic carbocycles. The van der Waals surface area contributed by atoms with Crippen LogP contribution in [-0.2, 0) is 21.2 Å². The fourth-order valence-corrected chi connectivity index (χ4v) is 3.87. The average molecular weight is 407 g/mol. The third-order valence-electron chi connectivity index (χ3n) is 4.50. The maximum Gasteiger partial charge on any atom is 0.240 e. The van der Waals surface area contributed by atoms with Gasteiger partial charge >= 0.3 is 0 Å². The quantitative estimate of drug-likeness (QED) is 0.668. The molecule has 152 valence electrons. The zero-order valence-electron chi connectivity index (χ0n) is 16.4. The van der Waals surface area contributed by atoms with E-state index in [9.17, 15) is 17.6 Å². The van der Waals surface area contributed by atoms with Crippen molar-refractivity contribution in [2.75, 3.05) is 6.54 Å². The Morgan fingerprint density at radius 1 is 1.04 bits per heavy atom. The van der Waals surface area contributed by atoms with Crippen molar-refractivity contribution in [1.82, 2.24) is 10.0 Å². The highest BCUT2D eigenvalue weighted by molar-refractivity contribution is 7.89. The molecule has 2 rings (SSSR count). The Balaban J connectivity index is 1.93. The zero-order valence-corrected chi connectivity index (χ0v) is 17.2. The smallest absolute Gasteiger partial charge is 0.240 e. The standard InChI is InChI=1S/C21H27FN2O3S/c1-4-16-5-7-17(8-6-16)21(15(2)3)24-20(25)13-14-23-28(26,27)19-11-9-18(22)10-12-19/h5-12,15,21,23H,4,13-14H2,1-3H3,(H,24,25). The molecule has 2 aromatic carbocycles. The lowest BCUT2D eigenvalue weighted by molar-refractivity contribution is -0.122. The summed E-state index contributed by atoms with van der Waals surface area (Å²) < 4.78 is 39.6. The minimum absolute atomic E-state index is 0.0106. The number of hydrogen-bond acceptors (Lipinski definition) is 3. The molecule has 0 fully saturated rings. The van der Waals surface area contributed by atoms with Gasteiger partial charge in [0.2, 0.25) is 15.9 Å². The number of sulfonamides is 1. The monoisotopic (exact) mass is 406 g/mol. The van der Waals surface area contributed by atoms with E-state index in [0.29, 0.717) is 0 Å². The minimum atomic E-state index is -3.77. The summed E-state index contributed by atoms with van der Waals surface area (Å²) in [6.07, 6.45) is 0.962. The first kappa shape index (κ1) is 22.0. The van der Waals surface area contributed by atoms with Gasteiger partial charge in [-0.25, -0.2) is 17.5 Å². The van der Waals surface area contributed by atoms with Crippen LogP contribution in [0.3, 0.4) is 0 Å². The van der Waals surface area contributed by atoms with Gasteiger partial charge in [-0.05, 0) is 47.7 Å². The molecule has 0 aromatic heterocycles. The summed E-state index contributed by atoms with van der Waals surface area (Å²) in [7, 11) is -3.77. The van der Waals surface area contributed by atoms with Gasteiger partial charge in [0.1, 0.15) is 5.82 Å². The van der Waals surface area contributed by atoms with Crippen LogP contribution in [0.5, 0.6) is 0 Å². The molecule has 2 N–H and O–H groups in total. The predicted octanol–water partition coefficient (Wildman–Crippen LogP) is 3.57. The normalized spacial score (nSPS) is 12.8. The van der Waals surface area contributed by atoms with Gasteiger partial charge in [-0.2, -0.15) is 0 Å². The van der Waals surface area contributed by atoms with Crippen LogP contribution in [0.25, 0.3) is 0 Å². The van der Waals surface area contributed by atoms with Crippen LogP contribution >= 0.6 is 0 Å². The van der Waals surface area contributed by atoms with Crippen molar-refractivity contribution in [2.24, 2.45) is 5.92 Å².